The zero-order chi connectivity index (χ0) is 15.1. The van der Waals surface area contributed by atoms with Crippen LogP contribution in [0.5, 0.6) is 5.75 Å². The molecule has 0 unspecified atom stereocenters. The Labute approximate surface area is 117 Å². The van der Waals surface area contributed by atoms with E-state index in [0.29, 0.717) is 18.7 Å². The fraction of sp³-hybridized carbons (Fsp3) is 0.462. The summed E-state index contributed by atoms with van der Waals surface area (Å²) in [6.45, 7) is 0.503. The van der Waals surface area contributed by atoms with Gasteiger partial charge in [-0.05, 0) is 18.6 Å². The van der Waals surface area contributed by atoms with Gasteiger partial charge in [0.1, 0.15) is 5.69 Å². The second kappa shape index (κ2) is 7.32. The van der Waals surface area contributed by atoms with Gasteiger partial charge in [0.25, 0.3) is 0 Å². The van der Waals surface area contributed by atoms with Gasteiger partial charge in [0.05, 0.1) is 19.1 Å². The summed E-state index contributed by atoms with van der Waals surface area (Å²) in [5.74, 6) is -0.0779. The number of benzene rings is 1. The largest absolute Gasteiger partial charge is 0.490 e. The Balaban J connectivity index is 2.84. The molecule has 1 aromatic rings. The van der Waals surface area contributed by atoms with Gasteiger partial charge in [-0.15, -0.1) is 0 Å². The van der Waals surface area contributed by atoms with E-state index in [2.05, 4.69) is 4.74 Å². The molecule has 0 radical (unpaired) electrons. The molecule has 0 fully saturated rings. The Morgan fingerprint density at radius 1 is 1.40 bits per heavy atom. The number of anilines is 1. The van der Waals surface area contributed by atoms with E-state index in [4.69, 9.17) is 4.74 Å². The molecule has 0 aliphatic rings. The maximum Gasteiger partial charge on any atom is 0.333 e. The molecule has 0 spiro atoms. The van der Waals surface area contributed by atoms with Crippen molar-refractivity contribution in [2.45, 2.75) is 12.8 Å². The summed E-state index contributed by atoms with van der Waals surface area (Å²) >= 11 is 0. The molecule has 0 N–H and O–H groups in total. The predicted molar refractivity (Wildman–Crippen MR) is 74.2 cm³/mol. The molecule has 0 heterocycles. The highest BCUT2D eigenvalue weighted by Crippen LogP contribution is 2.36. The number of nitro benzene ring substituents is 1. The maximum absolute atomic E-state index is 11.2. The Kier molecular flexibility index (Phi) is 5.76. The van der Waals surface area contributed by atoms with Crippen molar-refractivity contribution in [2.75, 3.05) is 32.7 Å². The van der Waals surface area contributed by atoms with Crippen molar-refractivity contribution in [2.24, 2.45) is 0 Å². The van der Waals surface area contributed by atoms with E-state index < -0.39 is 4.92 Å². The molecule has 0 bridgehead atoms. The Morgan fingerprint density at radius 2 is 2.10 bits per heavy atom. The van der Waals surface area contributed by atoms with Crippen LogP contribution in [-0.2, 0) is 9.53 Å². The molecular weight excluding hydrogens is 264 g/mol. The summed E-state index contributed by atoms with van der Waals surface area (Å²) in [6.07, 6.45) is 0.830. The van der Waals surface area contributed by atoms with Crippen LogP contribution in [0.25, 0.3) is 0 Å². The summed E-state index contributed by atoms with van der Waals surface area (Å²) in [6, 6.07) is 4.89. The lowest BCUT2D eigenvalue weighted by molar-refractivity contribution is -0.385. The third-order valence-corrected chi connectivity index (χ3v) is 2.89. The quantitative estimate of drug-likeness (QED) is 0.432. The number of ether oxygens (including phenoxy) is 2. The van der Waals surface area contributed by atoms with Crippen LogP contribution in [0.1, 0.15) is 12.8 Å². The highest BCUT2D eigenvalue weighted by atomic mass is 16.6. The van der Waals surface area contributed by atoms with Gasteiger partial charge >= 0.3 is 11.7 Å². The SMILES string of the molecule is COC(=O)CCCN(C)c1cccc(OC)c1[N+](=O)[O-]. The lowest BCUT2D eigenvalue weighted by Crippen LogP contribution is -2.20. The fourth-order valence-electron chi connectivity index (χ4n) is 1.85. The molecule has 0 aliphatic heterocycles. The summed E-state index contributed by atoms with van der Waals surface area (Å²) in [5, 5.41) is 11.2. The number of para-hydroxylation sites is 1. The molecule has 0 aromatic heterocycles. The monoisotopic (exact) mass is 282 g/mol. The van der Waals surface area contributed by atoms with Crippen molar-refractivity contribution >= 4 is 17.3 Å². The Hall–Kier alpha value is -2.31. The third kappa shape index (κ3) is 3.84. The van der Waals surface area contributed by atoms with E-state index in [-0.39, 0.29) is 23.8 Å². The van der Waals surface area contributed by atoms with Crippen molar-refractivity contribution < 1.29 is 19.2 Å². The maximum atomic E-state index is 11.2. The van der Waals surface area contributed by atoms with Crippen LogP contribution in [0.4, 0.5) is 11.4 Å². The molecule has 0 aliphatic carbocycles. The van der Waals surface area contributed by atoms with E-state index in [1.807, 2.05) is 0 Å². The van der Waals surface area contributed by atoms with Crippen LogP contribution in [0.15, 0.2) is 18.2 Å². The molecule has 0 saturated carbocycles. The first-order chi connectivity index (χ1) is 9.51. The molecule has 1 aromatic carbocycles. The number of carbonyl (C=O) groups excluding carboxylic acids is 1. The van der Waals surface area contributed by atoms with Crippen LogP contribution >= 0.6 is 0 Å². The molecule has 7 heteroatoms. The average molecular weight is 282 g/mol. The Bertz CT molecular complexity index is 490. The number of nitrogens with zero attached hydrogens (tertiary/aromatic N) is 2. The third-order valence-electron chi connectivity index (χ3n) is 2.89. The minimum atomic E-state index is -0.467. The molecule has 20 heavy (non-hydrogen) atoms. The van der Waals surface area contributed by atoms with Gasteiger partial charge in [-0.1, -0.05) is 6.07 Å². The molecule has 7 nitrogen and oxygen atoms in total. The molecule has 0 atom stereocenters. The summed E-state index contributed by atoms with van der Waals surface area (Å²) in [5.41, 5.74) is 0.384. The van der Waals surface area contributed by atoms with E-state index in [0.717, 1.165) is 0 Å². The van der Waals surface area contributed by atoms with Gasteiger partial charge in [-0.25, -0.2) is 0 Å². The van der Waals surface area contributed by atoms with Gasteiger partial charge in [0.2, 0.25) is 0 Å². The summed E-state index contributed by atoms with van der Waals surface area (Å²) < 4.78 is 9.57. The first kappa shape index (κ1) is 15.7. The van der Waals surface area contributed by atoms with Gasteiger partial charge in [-0.2, -0.15) is 0 Å². The van der Waals surface area contributed by atoms with Crippen LogP contribution in [0, 0.1) is 10.1 Å². The van der Waals surface area contributed by atoms with Gasteiger partial charge in [-0.3, -0.25) is 14.9 Å². The highest BCUT2D eigenvalue weighted by molar-refractivity contribution is 5.70. The zero-order valence-electron chi connectivity index (χ0n) is 11.8. The van der Waals surface area contributed by atoms with Gasteiger partial charge in [0.15, 0.2) is 5.75 Å². The van der Waals surface area contributed by atoms with Gasteiger partial charge < -0.3 is 14.4 Å². The van der Waals surface area contributed by atoms with E-state index in [1.165, 1.54) is 14.2 Å². The topological polar surface area (TPSA) is 81.9 Å². The standard InChI is InChI=1S/C13H18N2O5/c1-14(9-5-8-12(16)20-3)10-6-4-7-11(19-2)13(10)15(17)18/h4,6-7H,5,8-9H2,1-3H3. The number of hydrogen-bond acceptors (Lipinski definition) is 6. The molecule has 1 rings (SSSR count). The second-order valence-corrected chi connectivity index (χ2v) is 4.19. The first-order valence-electron chi connectivity index (χ1n) is 6.10. The lowest BCUT2D eigenvalue weighted by atomic mass is 10.2. The van der Waals surface area contributed by atoms with Crippen LogP contribution in [0.2, 0.25) is 0 Å². The van der Waals surface area contributed by atoms with Crippen molar-refractivity contribution in [1.29, 1.82) is 0 Å². The van der Waals surface area contributed by atoms with E-state index in [9.17, 15) is 14.9 Å². The number of rotatable bonds is 7. The second-order valence-electron chi connectivity index (χ2n) is 4.19. The molecular formula is C13H18N2O5. The number of hydrogen-bond donors (Lipinski definition) is 0. The molecule has 0 saturated heterocycles. The minimum Gasteiger partial charge on any atom is -0.490 e. The normalized spacial score (nSPS) is 9.95. The van der Waals surface area contributed by atoms with Crippen molar-refractivity contribution in [3.63, 3.8) is 0 Å². The highest BCUT2D eigenvalue weighted by Gasteiger charge is 2.22. The average Bonchev–Trinajstić information content (AvgIpc) is 2.45. The summed E-state index contributed by atoms with van der Waals surface area (Å²) in [4.78, 5) is 23.5. The molecule has 0 amide bonds. The van der Waals surface area contributed by atoms with Crippen molar-refractivity contribution in [3.8, 4) is 5.75 Å². The van der Waals surface area contributed by atoms with Crippen LogP contribution in [0.3, 0.4) is 0 Å². The van der Waals surface area contributed by atoms with E-state index in [1.54, 1.807) is 30.1 Å². The minimum absolute atomic E-state index is 0.0735. The number of methoxy groups -OCH3 is 2. The van der Waals surface area contributed by atoms with Crippen LogP contribution < -0.4 is 9.64 Å². The number of carbonyl (C=O) groups is 1. The number of esters is 1. The lowest BCUT2D eigenvalue weighted by Gasteiger charge is -2.19. The number of nitro groups is 1. The predicted octanol–water partition coefficient (Wildman–Crippen LogP) is 1.99. The first-order valence-corrected chi connectivity index (χ1v) is 6.10. The van der Waals surface area contributed by atoms with Crippen molar-refractivity contribution in [3.05, 3.63) is 28.3 Å². The van der Waals surface area contributed by atoms with Gasteiger partial charge in [0, 0.05) is 20.0 Å². The molecule has 110 valence electrons. The Morgan fingerprint density at radius 3 is 2.65 bits per heavy atom. The zero-order valence-corrected chi connectivity index (χ0v) is 11.8. The van der Waals surface area contributed by atoms with Crippen LogP contribution in [-0.4, -0.2) is 38.7 Å². The van der Waals surface area contributed by atoms with E-state index >= 15 is 0 Å². The summed E-state index contributed by atoms with van der Waals surface area (Å²) in [7, 11) is 4.46. The smallest absolute Gasteiger partial charge is 0.333 e. The fourth-order valence-corrected chi connectivity index (χ4v) is 1.85. The van der Waals surface area contributed by atoms with Crippen molar-refractivity contribution in [1.82, 2.24) is 0 Å².